The van der Waals surface area contributed by atoms with Crippen molar-refractivity contribution in [2.45, 2.75) is 33.6 Å². The van der Waals surface area contributed by atoms with Crippen LogP contribution in [0.3, 0.4) is 0 Å². The van der Waals surface area contributed by atoms with Crippen LogP contribution in [0, 0.1) is 13.8 Å². The van der Waals surface area contributed by atoms with Gasteiger partial charge in [0.25, 0.3) is 0 Å². The fraction of sp³-hybridized carbons (Fsp3) is 0.357. The van der Waals surface area contributed by atoms with Crippen LogP contribution in [-0.2, 0) is 11.2 Å². The van der Waals surface area contributed by atoms with Gasteiger partial charge in [-0.1, -0.05) is 23.3 Å². The third kappa shape index (κ3) is 1.75. The third-order valence-corrected chi connectivity index (χ3v) is 3.23. The fourth-order valence-electron chi connectivity index (χ4n) is 2.50. The van der Waals surface area contributed by atoms with E-state index in [0.717, 1.165) is 17.6 Å². The number of aryl methyl sites for hydroxylation is 2. The molecule has 84 valence electrons. The number of benzene rings is 1. The van der Waals surface area contributed by atoms with Crippen molar-refractivity contribution in [2.24, 2.45) is 0 Å². The van der Waals surface area contributed by atoms with E-state index in [9.17, 15) is 4.79 Å². The average Bonchev–Trinajstić information content (AvgIpc) is 2.45. The molecule has 0 heterocycles. The van der Waals surface area contributed by atoms with Crippen LogP contribution in [0.2, 0.25) is 0 Å². The van der Waals surface area contributed by atoms with E-state index in [1.807, 2.05) is 6.92 Å². The van der Waals surface area contributed by atoms with E-state index >= 15 is 0 Å². The molecular weight excluding hydrogens is 200 g/mol. The standard InChI is InChI=1S/C14H16O2/c1-8-4-9(2)11-6-10(3)12(7-14(15)16)13(11)5-8/h4-5H,6-7H2,1-3H3,(H,15,16). The van der Waals surface area contributed by atoms with Crippen LogP contribution in [-0.4, -0.2) is 11.1 Å². The zero-order chi connectivity index (χ0) is 11.9. The van der Waals surface area contributed by atoms with Crippen LogP contribution < -0.4 is 0 Å². The lowest BCUT2D eigenvalue weighted by Gasteiger charge is -2.08. The summed E-state index contributed by atoms with van der Waals surface area (Å²) in [5, 5.41) is 8.92. The van der Waals surface area contributed by atoms with Gasteiger partial charge in [-0.3, -0.25) is 4.79 Å². The first-order valence-electron chi connectivity index (χ1n) is 5.50. The van der Waals surface area contributed by atoms with Gasteiger partial charge in [0.15, 0.2) is 0 Å². The van der Waals surface area contributed by atoms with Crippen molar-refractivity contribution in [3.8, 4) is 0 Å². The molecule has 1 N–H and O–H groups in total. The number of hydrogen-bond acceptors (Lipinski definition) is 1. The second-order valence-electron chi connectivity index (χ2n) is 4.61. The van der Waals surface area contributed by atoms with Crippen LogP contribution in [0.4, 0.5) is 0 Å². The van der Waals surface area contributed by atoms with E-state index in [1.54, 1.807) is 0 Å². The van der Waals surface area contributed by atoms with Crippen molar-refractivity contribution in [3.05, 3.63) is 40.0 Å². The summed E-state index contributed by atoms with van der Waals surface area (Å²) in [5.74, 6) is -0.749. The predicted molar refractivity (Wildman–Crippen MR) is 64.5 cm³/mol. The third-order valence-electron chi connectivity index (χ3n) is 3.23. The van der Waals surface area contributed by atoms with Crippen molar-refractivity contribution < 1.29 is 9.90 Å². The van der Waals surface area contributed by atoms with Gasteiger partial charge in [-0.15, -0.1) is 0 Å². The molecular formula is C14H16O2. The number of aliphatic carboxylic acids is 1. The number of fused-ring (bicyclic) bond motifs is 1. The second kappa shape index (κ2) is 3.78. The average molecular weight is 216 g/mol. The second-order valence-corrected chi connectivity index (χ2v) is 4.61. The molecule has 0 saturated carbocycles. The summed E-state index contributed by atoms with van der Waals surface area (Å²) >= 11 is 0. The number of rotatable bonds is 2. The van der Waals surface area contributed by atoms with Crippen LogP contribution >= 0.6 is 0 Å². The zero-order valence-corrected chi connectivity index (χ0v) is 9.92. The highest BCUT2D eigenvalue weighted by Gasteiger charge is 2.22. The zero-order valence-electron chi connectivity index (χ0n) is 9.92. The van der Waals surface area contributed by atoms with Gasteiger partial charge in [-0.05, 0) is 49.5 Å². The van der Waals surface area contributed by atoms with E-state index < -0.39 is 5.97 Å². The Hall–Kier alpha value is -1.57. The molecule has 0 atom stereocenters. The highest BCUT2D eigenvalue weighted by Crippen LogP contribution is 2.37. The maximum absolute atomic E-state index is 10.8. The van der Waals surface area contributed by atoms with Gasteiger partial charge in [0, 0.05) is 0 Å². The van der Waals surface area contributed by atoms with Gasteiger partial charge in [-0.25, -0.2) is 0 Å². The van der Waals surface area contributed by atoms with Crippen LogP contribution in [0.15, 0.2) is 17.7 Å². The molecule has 1 aliphatic carbocycles. The minimum Gasteiger partial charge on any atom is -0.481 e. The van der Waals surface area contributed by atoms with E-state index in [4.69, 9.17) is 5.11 Å². The van der Waals surface area contributed by atoms with Gasteiger partial charge in [0.05, 0.1) is 6.42 Å². The quantitative estimate of drug-likeness (QED) is 0.824. The summed E-state index contributed by atoms with van der Waals surface area (Å²) in [6, 6.07) is 4.27. The molecule has 0 bridgehead atoms. The molecule has 0 saturated heterocycles. The van der Waals surface area contributed by atoms with Crippen LogP contribution in [0.25, 0.3) is 5.57 Å². The first-order valence-corrected chi connectivity index (χ1v) is 5.50. The molecule has 0 radical (unpaired) electrons. The van der Waals surface area contributed by atoms with Gasteiger partial charge in [0.2, 0.25) is 0 Å². The van der Waals surface area contributed by atoms with Gasteiger partial charge >= 0.3 is 5.97 Å². The first kappa shape index (κ1) is 10.9. The van der Waals surface area contributed by atoms with Gasteiger partial charge in [0.1, 0.15) is 0 Å². The Kier molecular flexibility index (Phi) is 2.58. The van der Waals surface area contributed by atoms with Gasteiger partial charge < -0.3 is 5.11 Å². The highest BCUT2D eigenvalue weighted by atomic mass is 16.4. The molecule has 16 heavy (non-hydrogen) atoms. The lowest BCUT2D eigenvalue weighted by molar-refractivity contribution is -0.135. The number of carboxylic acid groups (broad SMARTS) is 1. The number of hydrogen-bond donors (Lipinski definition) is 1. The maximum atomic E-state index is 10.8. The Bertz CT molecular complexity index is 496. The maximum Gasteiger partial charge on any atom is 0.307 e. The summed E-state index contributed by atoms with van der Waals surface area (Å²) < 4.78 is 0. The lowest BCUT2D eigenvalue weighted by atomic mass is 9.97. The molecule has 1 aromatic carbocycles. The summed E-state index contributed by atoms with van der Waals surface area (Å²) in [6.45, 7) is 6.19. The summed E-state index contributed by atoms with van der Waals surface area (Å²) in [7, 11) is 0. The van der Waals surface area contributed by atoms with E-state index in [-0.39, 0.29) is 6.42 Å². The molecule has 0 aliphatic heterocycles. The Morgan fingerprint density at radius 1 is 1.31 bits per heavy atom. The smallest absolute Gasteiger partial charge is 0.307 e. The molecule has 0 unspecified atom stereocenters. The topological polar surface area (TPSA) is 37.3 Å². The lowest BCUT2D eigenvalue weighted by Crippen LogP contribution is -1.97. The van der Waals surface area contributed by atoms with Crippen molar-refractivity contribution in [1.29, 1.82) is 0 Å². The predicted octanol–water partition coefficient (Wildman–Crippen LogP) is 3.11. The molecule has 0 spiro atoms. The Labute approximate surface area is 95.6 Å². The molecule has 2 nitrogen and oxygen atoms in total. The molecule has 2 heteroatoms. The Balaban J connectivity index is 2.52. The molecule has 1 aliphatic rings. The summed E-state index contributed by atoms with van der Waals surface area (Å²) in [5.41, 5.74) is 7.14. The van der Waals surface area contributed by atoms with E-state index in [1.165, 1.54) is 22.3 Å². The molecule has 0 fully saturated rings. The normalized spacial score (nSPS) is 14.2. The monoisotopic (exact) mass is 216 g/mol. The van der Waals surface area contributed by atoms with Crippen LogP contribution in [0.5, 0.6) is 0 Å². The SMILES string of the molecule is CC1=C(CC(=O)O)c2cc(C)cc(C)c2C1. The van der Waals surface area contributed by atoms with Crippen molar-refractivity contribution in [2.75, 3.05) is 0 Å². The van der Waals surface area contributed by atoms with Crippen molar-refractivity contribution in [1.82, 2.24) is 0 Å². The Morgan fingerprint density at radius 2 is 2.00 bits per heavy atom. The largest absolute Gasteiger partial charge is 0.481 e. The van der Waals surface area contributed by atoms with Gasteiger partial charge in [-0.2, -0.15) is 0 Å². The molecule has 2 rings (SSSR count). The molecule has 0 aromatic heterocycles. The minimum absolute atomic E-state index is 0.141. The van der Waals surface area contributed by atoms with Crippen LogP contribution in [0.1, 0.15) is 35.6 Å². The minimum atomic E-state index is -0.749. The summed E-state index contributed by atoms with van der Waals surface area (Å²) in [4.78, 5) is 10.8. The Morgan fingerprint density at radius 3 is 2.62 bits per heavy atom. The number of allylic oxidation sites excluding steroid dienone is 1. The number of carbonyl (C=O) groups is 1. The summed E-state index contributed by atoms with van der Waals surface area (Å²) in [6.07, 6.45) is 1.05. The molecule has 1 aromatic rings. The fourth-order valence-corrected chi connectivity index (χ4v) is 2.50. The van der Waals surface area contributed by atoms with E-state index in [2.05, 4.69) is 26.0 Å². The molecule has 0 amide bonds. The van der Waals surface area contributed by atoms with Crippen molar-refractivity contribution >= 4 is 11.5 Å². The highest BCUT2D eigenvalue weighted by molar-refractivity contribution is 5.88. The first-order chi connectivity index (χ1) is 7.49. The van der Waals surface area contributed by atoms with Crippen molar-refractivity contribution in [3.63, 3.8) is 0 Å². The van der Waals surface area contributed by atoms with E-state index in [0.29, 0.717) is 0 Å². The number of carboxylic acids is 1.